The van der Waals surface area contributed by atoms with Gasteiger partial charge >= 0.3 is 0 Å². The molecule has 4 rings (SSSR count). The van der Waals surface area contributed by atoms with Gasteiger partial charge in [-0.3, -0.25) is 14.2 Å². The number of nitrogens with zero attached hydrogens (tertiary/aromatic N) is 5. The van der Waals surface area contributed by atoms with E-state index in [1.165, 1.54) is 11.3 Å². The van der Waals surface area contributed by atoms with E-state index < -0.39 is 0 Å². The zero-order chi connectivity index (χ0) is 21.3. The third-order valence-electron chi connectivity index (χ3n) is 5.37. The van der Waals surface area contributed by atoms with E-state index in [9.17, 15) is 9.59 Å². The zero-order valence-corrected chi connectivity index (χ0v) is 18.2. The fraction of sp³-hybridized carbons (Fsp3) is 0.429. The summed E-state index contributed by atoms with van der Waals surface area (Å²) in [5.41, 5.74) is 2.44. The third-order valence-corrected chi connectivity index (χ3v) is 6.44. The smallest absolute Gasteiger partial charge is 0.265 e. The molecule has 1 aliphatic heterocycles. The topological polar surface area (TPSA) is 80.6 Å². The Bertz CT molecular complexity index is 1130. The van der Waals surface area contributed by atoms with Crippen molar-refractivity contribution in [2.24, 2.45) is 0 Å². The highest BCUT2D eigenvalue weighted by molar-refractivity contribution is 7.13. The monoisotopic (exact) mass is 427 g/mol. The number of methoxy groups -OCH3 is 1. The van der Waals surface area contributed by atoms with Gasteiger partial charge in [0.1, 0.15) is 4.88 Å². The molecule has 0 bridgehead atoms. The summed E-state index contributed by atoms with van der Waals surface area (Å²) < 4.78 is 6.62. The molecular weight excluding hydrogens is 402 g/mol. The number of hydrogen-bond acceptors (Lipinski definition) is 7. The molecule has 0 saturated carbocycles. The Labute approximate surface area is 178 Å². The van der Waals surface area contributed by atoms with E-state index in [0.29, 0.717) is 37.1 Å². The molecule has 0 spiro atoms. The van der Waals surface area contributed by atoms with Crippen molar-refractivity contribution in [3.05, 3.63) is 50.5 Å². The number of aryl methyl sites for hydroxylation is 2. The lowest BCUT2D eigenvalue weighted by atomic mass is 10.2. The summed E-state index contributed by atoms with van der Waals surface area (Å²) in [6.07, 6.45) is 1.57. The maximum atomic E-state index is 12.8. The Morgan fingerprint density at radius 2 is 1.97 bits per heavy atom. The summed E-state index contributed by atoms with van der Waals surface area (Å²) >= 11 is 1.46. The van der Waals surface area contributed by atoms with Gasteiger partial charge in [0.15, 0.2) is 0 Å². The first-order valence-electron chi connectivity index (χ1n) is 9.94. The quantitative estimate of drug-likeness (QED) is 0.620. The number of thiazole rings is 1. The lowest BCUT2D eigenvalue weighted by Gasteiger charge is -2.36. The molecule has 9 heteroatoms. The standard InChI is InChI=1S/C21H25N5O3S/c1-14-19(30-15(2)23-14)21(28)25-8-6-24(7-9-25)16-4-5-17-18(12-16)22-13-26(20(17)27)10-11-29-3/h4-5,12-13H,6-11H2,1-3H3. The highest BCUT2D eigenvalue weighted by Crippen LogP contribution is 2.23. The first-order chi connectivity index (χ1) is 14.5. The molecule has 1 amide bonds. The lowest BCUT2D eigenvalue weighted by molar-refractivity contribution is 0.0750. The van der Waals surface area contributed by atoms with E-state index in [2.05, 4.69) is 14.9 Å². The first kappa shape index (κ1) is 20.5. The van der Waals surface area contributed by atoms with Gasteiger partial charge in [0.05, 0.1) is 41.1 Å². The summed E-state index contributed by atoms with van der Waals surface area (Å²) in [6, 6.07) is 5.75. The molecule has 0 radical (unpaired) electrons. The van der Waals surface area contributed by atoms with Gasteiger partial charge in [-0.15, -0.1) is 11.3 Å². The predicted octanol–water partition coefficient (Wildman–Crippen LogP) is 2.08. The van der Waals surface area contributed by atoms with E-state index in [0.717, 1.165) is 34.4 Å². The van der Waals surface area contributed by atoms with E-state index >= 15 is 0 Å². The van der Waals surface area contributed by atoms with Crippen LogP contribution < -0.4 is 10.5 Å². The van der Waals surface area contributed by atoms with Gasteiger partial charge in [-0.25, -0.2) is 9.97 Å². The normalized spacial score (nSPS) is 14.5. The average molecular weight is 428 g/mol. The van der Waals surface area contributed by atoms with Crippen LogP contribution in [-0.2, 0) is 11.3 Å². The Hall–Kier alpha value is -2.78. The molecule has 1 fully saturated rings. The van der Waals surface area contributed by atoms with Crippen molar-refractivity contribution in [3.63, 3.8) is 0 Å². The van der Waals surface area contributed by atoms with Crippen LogP contribution in [0.3, 0.4) is 0 Å². The maximum Gasteiger partial charge on any atom is 0.265 e. The van der Waals surface area contributed by atoms with Gasteiger partial charge in [0.25, 0.3) is 11.5 Å². The largest absolute Gasteiger partial charge is 0.383 e. The van der Waals surface area contributed by atoms with Crippen LogP contribution in [0.5, 0.6) is 0 Å². The van der Waals surface area contributed by atoms with Crippen molar-refractivity contribution in [1.29, 1.82) is 0 Å². The van der Waals surface area contributed by atoms with Crippen molar-refractivity contribution in [2.45, 2.75) is 20.4 Å². The van der Waals surface area contributed by atoms with Gasteiger partial charge < -0.3 is 14.5 Å². The number of carbonyl (C=O) groups excluding carboxylic acids is 1. The van der Waals surface area contributed by atoms with Crippen LogP contribution in [0, 0.1) is 13.8 Å². The zero-order valence-electron chi connectivity index (χ0n) is 17.4. The molecular formula is C21H25N5O3S. The fourth-order valence-corrected chi connectivity index (χ4v) is 4.62. The van der Waals surface area contributed by atoms with Crippen LogP contribution in [0.4, 0.5) is 5.69 Å². The van der Waals surface area contributed by atoms with Crippen LogP contribution in [0.25, 0.3) is 10.9 Å². The second kappa shape index (κ2) is 8.53. The van der Waals surface area contributed by atoms with E-state index in [1.54, 1.807) is 18.0 Å². The Kier molecular flexibility index (Phi) is 5.83. The van der Waals surface area contributed by atoms with E-state index in [-0.39, 0.29) is 11.5 Å². The summed E-state index contributed by atoms with van der Waals surface area (Å²) in [7, 11) is 1.61. The number of aromatic nitrogens is 3. The van der Waals surface area contributed by atoms with Crippen molar-refractivity contribution in [3.8, 4) is 0 Å². The molecule has 2 aromatic heterocycles. The van der Waals surface area contributed by atoms with Crippen molar-refractivity contribution >= 4 is 33.8 Å². The number of amides is 1. The molecule has 8 nitrogen and oxygen atoms in total. The summed E-state index contributed by atoms with van der Waals surface area (Å²) in [6.45, 7) is 7.53. The van der Waals surface area contributed by atoms with Crippen molar-refractivity contribution < 1.29 is 9.53 Å². The third kappa shape index (κ3) is 3.95. The molecule has 3 heterocycles. The number of rotatable bonds is 5. The van der Waals surface area contributed by atoms with Crippen molar-refractivity contribution in [1.82, 2.24) is 19.4 Å². The minimum Gasteiger partial charge on any atom is -0.383 e. The SMILES string of the molecule is COCCn1cnc2cc(N3CCN(C(=O)c4sc(C)nc4C)CC3)ccc2c1=O. The molecule has 158 valence electrons. The van der Waals surface area contributed by atoms with Crippen LogP contribution in [-0.4, -0.2) is 65.2 Å². The molecule has 0 N–H and O–H groups in total. The maximum absolute atomic E-state index is 12.8. The molecule has 1 saturated heterocycles. The van der Waals surface area contributed by atoms with Crippen LogP contribution >= 0.6 is 11.3 Å². The minimum absolute atomic E-state index is 0.0609. The number of piperazine rings is 1. The highest BCUT2D eigenvalue weighted by Gasteiger charge is 2.25. The van der Waals surface area contributed by atoms with Gasteiger partial charge in [-0.1, -0.05) is 0 Å². The number of hydrogen-bond donors (Lipinski definition) is 0. The van der Waals surface area contributed by atoms with E-state index in [4.69, 9.17) is 4.74 Å². The number of benzene rings is 1. The molecule has 1 aromatic carbocycles. The van der Waals surface area contributed by atoms with E-state index in [1.807, 2.05) is 36.9 Å². The number of anilines is 1. The molecule has 3 aromatic rings. The molecule has 1 aliphatic rings. The second-order valence-corrected chi connectivity index (χ2v) is 8.57. The van der Waals surface area contributed by atoms with Gasteiger partial charge in [0.2, 0.25) is 0 Å². The molecule has 30 heavy (non-hydrogen) atoms. The highest BCUT2D eigenvalue weighted by atomic mass is 32.1. The number of fused-ring (bicyclic) bond motifs is 1. The molecule has 0 aliphatic carbocycles. The summed E-state index contributed by atoms with van der Waals surface area (Å²) in [5.74, 6) is 0.0644. The minimum atomic E-state index is -0.0609. The Morgan fingerprint density at radius 1 is 1.20 bits per heavy atom. The summed E-state index contributed by atoms with van der Waals surface area (Å²) in [5, 5.41) is 1.52. The fourth-order valence-electron chi connectivity index (χ4n) is 3.73. The van der Waals surface area contributed by atoms with Crippen molar-refractivity contribution in [2.75, 3.05) is 44.8 Å². The second-order valence-electron chi connectivity index (χ2n) is 7.36. The number of carbonyl (C=O) groups is 1. The first-order valence-corrected chi connectivity index (χ1v) is 10.8. The van der Waals surface area contributed by atoms with Crippen LogP contribution in [0.1, 0.15) is 20.4 Å². The Morgan fingerprint density at radius 3 is 2.63 bits per heavy atom. The predicted molar refractivity (Wildman–Crippen MR) is 118 cm³/mol. The van der Waals surface area contributed by atoms with Gasteiger partial charge in [-0.05, 0) is 32.0 Å². The Balaban J connectivity index is 1.47. The lowest BCUT2D eigenvalue weighted by Crippen LogP contribution is -2.48. The molecule has 0 unspecified atom stereocenters. The summed E-state index contributed by atoms with van der Waals surface area (Å²) in [4.78, 5) is 39.1. The molecule has 0 atom stereocenters. The average Bonchev–Trinajstić information content (AvgIpc) is 3.10. The number of ether oxygens (including phenoxy) is 1. The van der Waals surface area contributed by atoms with Gasteiger partial charge in [-0.2, -0.15) is 0 Å². The van der Waals surface area contributed by atoms with Crippen LogP contribution in [0.15, 0.2) is 29.3 Å². The van der Waals surface area contributed by atoms with Crippen LogP contribution in [0.2, 0.25) is 0 Å². The van der Waals surface area contributed by atoms with Gasteiger partial charge in [0, 0.05) is 39.0 Å².